The molecule has 0 aliphatic rings. The van der Waals surface area contributed by atoms with Crippen LogP contribution in [-0.2, 0) is 10.0 Å². The number of anilines is 2. The summed E-state index contributed by atoms with van der Waals surface area (Å²) in [5, 5.41) is 5.96. The Balaban J connectivity index is 2.39. The molecular weight excluding hydrogens is 268 g/mol. The van der Waals surface area contributed by atoms with Crippen molar-refractivity contribution in [1.29, 1.82) is 0 Å². The van der Waals surface area contributed by atoms with Gasteiger partial charge in [0.25, 0.3) is 10.0 Å². The Morgan fingerprint density at radius 3 is 2.74 bits per heavy atom. The number of aromatic nitrogens is 2. The van der Waals surface area contributed by atoms with E-state index in [-0.39, 0.29) is 10.7 Å². The van der Waals surface area contributed by atoms with Gasteiger partial charge in [-0.3, -0.25) is 9.82 Å². The number of benzene rings is 1. The van der Waals surface area contributed by atoms with Gasteiger partial charge in [-0.15, -0.1) is 0 Å². The molecule has 19 heavy (non-hydrogen) atoms. The molecule has 0 aliphatic heterocycles. The largest absolute Gasteiger partial charge is 0.495 e. The molecule has 1 aromatic carbocycles. The summed E-state index contributed by atoms with van der Waals surface area (Å²) in [4.78, 5) is -0.102. The van der Waals surface area contributed by atoms with E-state index in [9.17, 15) is 8.42 Å². The number of rotatable bonds is 4. The maximum Gasteiger partial charge on any atom is 0.267 e. The van der Waals surface area contributed by atoms with Gasteiger partial charge in [0.05, 0.1) is 19.0 Å². The highest BCUT2D eigenvalue weighted by atomic mass is 32.2. The first-order chi connectivity index (χ1) is 8.94. The molecule has 1 heterocycles. The van der Waals surface area contributed by atoms with Crippen molar-refractivity contribution in [1.82, 2.24) is 10.2 Å². The minimum absolute atomic E-state index is 0.0152. The van der Waals surface area contributed by atoms with Gasteiger partial charge < -0.3 is 10.5 Å². The van der Waals surface area contributed by atoms with Crippen molar-refractivity contribution in [2.24, 2.45) is 0 Å². The summed E-state index contributed by atoms with van der Waals surface area (Å²) in [6.45, 7) is 1.88. The summed E-state index contributed by atoms with van der Waals surface area (Å²) in [6, 6.07) is 5.14. The number of nitrogens with one attached hydrogen (secondary N) is 2. The van der Waals surface area contributed by atoms with Crippen LogP contribution in [0.2, 0.25) is 0 Å². The van der Waals surface area contributed by atoms with Crippen LogP contribution in [0.4, 0.5) is 11.5 Å². The van der Waals surface area contributed by atoms with Gasteiger partial charge in [0.2, 0.25) is 0 Å². The quantitative estimate of drug-likeness (QED) is 0.778. The molecule has 0 amide bonds. The fourth-order valence-corrected chi connectivity index (χ4v) is 2.68. The summed E-state index contributed by atoms with van der Waals surface area (Å²) < 4.78 is 31.8. The van der Waals surface area contributed by atoms with Crippen molar-refractivity contribution in [3.8, 4) is 5.75 Å². The number of methoxy groups -OCH3 is 1. The third-order valence-electron chi connectivity index (χ3n) is 2.52. The molecule has 0 bridgehead atoms. The summed E-state index contributed by atoms with van der Waals surface area (Å²) in [7, 11) is -2.32. The molecule has 0 unspecified atom stereocenters. The molecule has 1 aromatic heterocycles. The number of H-pyrrole nitrogens is 1. The first-order valence-corrected chi connectivity index (χ1v) is 6.88. The van der Waals surface area contributed by atoms with Gasteiger partial charge in [0.15, 0.2) is 0 Å². The van der Waals surface area contributed by atoms with Gasteiger partial charge in [-0.05, 0) is 24.6 Å². The minimum Gasteiger partial charge on any atom is -0.495 e. The van der Waals surface area contributed by atoms with Crippen LogP contribution >= 0.6 is 0 Å². The third-order valence-corrected chi connectivity index (χ3v) is 3.92. The zero-order valence-corrected chi connectivity index (χ0v) is 11.3. The van der Waals surface area contributed by atoms with Gasteiger partial charge in [-0.1, -0.05) is 6.07 Å². The molecular formula is C11H14N4O3S. The number of sulfonamides is 1. The molecule has 0 saturated carbocycles. The van der Waals surface area contributed by atoms with Crippen molar-refractivity contribution in [2.45, 2.75) is 11.8 Å². The standard InChI is InChI=1S/C11H14N4O3S/c1-7-3-4-8(9(5-7)18-2)15-19(16,17)10-6-13-14-11(10)12/h3-6,15H,1-2H3,(H3,12,13,14). The van der Waals surface area contributed by atoms with E-state index in [1.807, 2.05) is 6.92 Å². The van der Waals surface area contributed by atoms with Crippen LogP contribution in [0.25, 0.3) is 0 Å². The second-order valence-electron chi connectivity index (χ2n) is 3.96. The van der Waals surface area contributed by atoms with Crippen LogP contribution in [0.1, 0.15) is 5.56 Å². The number of hydrogen-bond donors (Lipinski definition) is 3. The molecule has 4 N–H and O–H groups in total. The van der Waals surface area contributed by atoms with Gasteiger partial charge in [0.1, 0.15) is 16.5 Å². The van der Waals surface area contributed by atoms with Crippen LogP contribution in [0.5, 0.6) is 5.75 Å². The van der Waals surface area contributed by atoms with Crippen LogP contribution in [-0.4, -0.2) is 25.7 Å². The van der Waals surface area contributed by atoms with E-state index in [0.717, 1.165) is 11.8 Å². The fourth-order valence-electron chi connectivity index (χ4n) is 1.58. The smallest absolute Gasteiger partial charge is 0.267 e. The SMILES string of the molecule is COc1cc(C)ccc1NS(=O)(=O)c1cn[nH]c1N. The molecule has 2 aromatic rings. The Bertz CT molecular complexity index is 694. The summed E-state index contributed by atoms with van der Waals surface area (Å²) >= 11 is 0. The number of ether oxygens (including phenoxy) is 1. The average molecular weight is 282 g/mol. The Hall–Kier alpha value is -2.22. The minimum atomic E-state index is -3.79. The van der Waals surface area contributed by atoms with Gasteiger partial charge >= 0.3 is 0 Å². The van der Waals surface area contributed by atoms with Crippen molar-refractivity contribution >= 4 is 21.5 Å². The van der Waals surface area contributed by atoms with Crippen LogP contribution in [0.3, 0.4) is 0 Å². The molecule has 0 spiro atoms. The second-order valence-corrected chi connectivity index (χ2v) is 5.61. The van der Waals surface area contributed by atoms with E-state index in [4.69, 9.17) is 10.5 Å². The van der Waals surface area contributed by atoms with E-state index in [0.29, 0.717) is 11.4 Å². The molecule has 7 nitrogen and oxygen atoms in total. The molecule has 0 fully saturated rings. The van der Waals surface area contributed by atoms with E-state index in [1.165, 1.54) is 7.11 Å². The predicted molar refractivity (Wildman–Crippen MR) is 71.5 cm³/mol. The van der Waals surface area contributed by atoms with Crippen LogP contribution < -0.4 is 15.2 Å². The summed E-state index contributed by atoms with van der Waals surface area (Å²) in [5.74, 6) is 0.421. The second kappa shape index (κ2) is 4.81. The highest BCUT2D eigenvalue weighted by Crippen LogP contribution is 2.28. The highest BCUT2D eigenvalue weighted by molar-refractivity contribution is 7.92. The van der Waals surface area contributed by atoms with Crippen molar-refractivity contribution in [3.05, 3.63) is 30.0 Å². The number of aromatic amines is 1. The third kappa shape index (κ3) is 2.63. The fraction of sp³-hybridized carbons (Fsp3) is 0.182. The van der Waals surface area contributed by atoms with Gasteiger partial charge in [-0.2, -0.15) is 5.10 Å². The number of nitrogens with zero attached hydrogens (tertiary/aromatic N) is 1. The molecule has 0 saturated heterocycles. The first kappa shape index (κ1) is 13.2. The maximum absolute atomic E-state index is 12.1. The molecule has 0 radical (unpaired) electrons. The monoisotopic (exact) mass is 282 g/mol. The van der Waals surface area contributed by atoms with Crippen LogP contribution in [0, 0.1) is 6.92 Å². The lowest BCUT2D eigenvalue weighted by Gasteiger charge is -2.11. The number of hydrogen-bond acceptors (Lipinski definition) is 5. The lowest BCUT2D eigenvalue weighted by Crippen LogP contribution is -2.14. The van der Waals surface area contributed by atoms with E-state index < -0.39 is 10.0 Å². The van der Waals surface area contributed by atoms with Crippen LogP contribution in [0.15, 0.2) is 29.3 Å². The molecule has 0 aliphatic carbocycles. The summed E-state index contributed by atoms with van der Waals surface area (Å²) in [6.07, 6.45) is 1.15. The lowest BCUT2D eigenvalue weighted by atomic mass is 10.2. The van der Waals surface area contributed by atoms with Gasteiger partial charge in [-0.25, -0.2) is 8.42 Å². The molecule has 102 valence electrons. The molecule has 8 heteroatoms. The molecule has 2 rings (SSSR count). The van der Waals surface area contributed by atoms with E-state index in [2.05, 4.69) is 14.9 Å². The van der Waals surface area contributed by atoms with Crippen molar-refractivity contribution in [3.63, 3.8) is 0 Å². The Morgan fingerprint density at radius 1 is 1.42 bits per heavy atom. The van der Waals surface area contributed by atoms with Crippen molar-refractivity contribution < 1.29 is 13.2 Å². The summed E-state index contributed by atoms with van der Waals surface area (Å²) in [5.41, 5.74) is 6.81. The highest BCUT2D eigenvalue weighted by Gasteiger charge is 2.20. The Morgan fingerprint density at radius 2 is 2.16 bits per heavy atom. The normalized spacial score (nSPS) is 11.3. The number of nitrogen functional groups attached to an aromatic ring is 1. The van der Waals surface area contributed by atoms with Gasteiger partial charge in [0, 0.05) is 0 Å². The number of nitrogens with two attached hydrogens (primary N) is 1. The number of aryl methyl sites for hydroxylation is 1. The van der Waals surface area contributed by atoms with Crippen molar-refractivity contribution in [2.75, 3.05) is 17.6 Å². The Labute approximate surface area is 110 Å². The average Bonchev–Trinajstić information content (AvgIpc) is 2.78. The molecule has 0 atom stereocenters. The maximum atomic E-state index is 12.1. The van der Waals surface area contributed by atoms with E-state index >= 15 is 0 Å². The van der Waals surface area contributed by atoms with E-state index in [1.54, 1.807) is 18.2 Å². The zero-order chi connectivity index (χ0) is 14.0. The predicted octanol–water partition coefficient (Wildman–Crippen LogP) is 1.11. The lowest BCUT2D eigenvalue weighted by molar-refractivity contribution is 0.416. The topological polar surface area (TPSA) is 110 Å². The Kier molecular flexibility index (Phi) is 3.34. The first-order valence-electron chi connectivity index (χ1n) is 5.40. The zero-order valence-electron chi connectivity index (χ0n) is 10.5.